The Bertz CT molecular complexity index is 689. The molecule has 6 nitrogen and oxygen atoms in total. The van der Waals surface area contributed by atoms with Crippen LogP contribution in [0.3, 0.4) is 0 Å². The number of aliphatic hydroxyl groups is 1. The Morgan fingerprint density at radius 2 is 2.04 bits per heavy atom. The van der Waals surface area contributed by atoms with Crippen LogP contribution in [0.2, 0.25) is 0 Å². The quantitative estimate of drug-likeness (QED) is 0.902. The second-order valence-corrected chi connectivity index (χ2v) is 6.79. The average Bonchev–Trinajstić information content (AvgIpc) is 3.22. The third kappa shape index (κ3) is 3.80. The van der Waals surface area contributed by atoms with Gasteiger partial charge in [-0.3, -0.25) is 9.58 Å². The lowest BCUT2D eigenvalue weighted by molar-refractivity contribution is 0.0890. The number of rotatable bonds is 5. The monoisotopic (exact) mass is 343 g/mol. The molecule has 25 heavy (non-hydrogen) atoms. The number of fused-ring (bicyclic) bond motifs is 1. The topological polar surface area (TPSA) is 59.8 Å². The molecule has 1 aromatic heterocycles. The molecule has 0 radical (unpaired) electrons. The lowest BCUT2D eigenvalue weighted by atomic mass is 10.0. The summed E-state index contributed by atoms with van der Waals surface area (Å²) < 4.78 is 13.3. The van der Waals surface area contributed by atoms with Crippen molar-refractivity contribution in [2.75, 3.05) is 26.3 Å². The third-order valence-corrected chi connectivity index (χ3v) is 4.92. The van der Waals surface area contributed by atoms with E-state index in [9.17, 15) is 5.11 Å². The van der Waals surface area contributed by atoms with Crippen LogP contribution in [0.15, 0.2) is 36.7 Å². The molecule has 1 aromatic carbocycles. The van der Waals surface area contributed by atoms with E-state index in [-0.39, 0.29) is 0 Å². The standard InChI is InChI=1S/C19H25N3O3/c23-16(14-22-9-2-7-20-22)13-21-8-1-4-17(21)15-5-6-18-19(12-15)25-11-3-10-24-18/h2,5-7,9,12,16-17,23H,1,3-4,8,10-11,13-14H2. The van der Waals surface area contributed by atoms with Crippen molar-refractivity contribution in [2.45, 2.75) is 38.0 Å². The summed E-state index contributed by atoms with van der Waals surface area (Å²) in [5.74, 6) is 1.68. The van der Waals surface area contributed by atoms with Crippen molar-refractivity contribution >= 4 is 0 Å². The van der Waals surface area contributed by atoms with Crippen LogP contribution in [0.1, 0.15) is 30.9 Å². The molecule has 1 N–H and O–H groups in total. The first-order valence-corrected chi connectivity index (χ1v) is 9.09. The van der Waals surface area contributed by atoms with E-state index in [1.165, 1.54) is 5.56 Å². The number of ether oxygens (including phenoxy) is 2. The highest BCUT2D eigenvalue weighted by atomic mass is 16.5. The molecular formula is C19H25N3O3. The lowest BCUT2D eigenvalue weighted by Gasteiger charge is -2.27. The first kappa shape index (κ1) is 16.4. The highest BCUT2D eigenvalue weighted by molar-refractivity contribution is 5.44. The highest BCUT2D eigenvalue weighted by Gasteiger charge is 2.28. The van der Waals surface area contributed by atoms with Gasteiger partial charge in [0.1, 0.15) is 0 Å². The minimum atomic E-state index is -0.430. The van der Waals surface area contributed by atoms with Gasteiger partial charge in [0.2, 0.25) is 0 Å². The van der Waals surface area contributed by atoms with Crippen LogP contribution >= 0.6 is 0 Å². The molecule has 2 aliphatic heterocycles. The van der Waals surface area contributed by atoms with E-state index < -0.39 is 6.10 Å². The van der Waals surface area contributed by atoms with E-state index in [0.717, 1.165) is 37.3 Å². The number of β-amino-alcohol motifs (C(OH)–C–C–N with tert-alkyl or cyclic N) is 1. The molecule has 4 rings (SSSR count). The van der Waals surface area contributed by atoms with E-state index >= 15 is 0 Å². The lowest BCUT2D eigenvalue weighted by Crippen LogP contribution is -2.34. The molecule has 2 atom stereocenters. The van der Waals surface area contributed by atoms with Crippen molar-refractivity contribution in [3.8, 4) is 11.5 Å². The number of hydrogen-bond acceptors (Lipinski definition) is 5. The predicted molar refractivity (Wildman–Crippen MR) is 93.8 cm³/mol. The first-order chi connectivity index (χ1) is 12.3. The zero-order valence-corrected chi connectivity index (χ0v) is 14.4. The van der Waals surface area contributed by atoms with Gasteiger partial charge in [-0.05, 0) is 43.1 Å². The molecule has 1 fully saturated rings. The minimum Gasteiger partial charge on any atom is -0.490 e. The van der Waals surface area contributed by atoms with Crippen LogP contribution in [0, 0.1) is 0 Å². The highest BCUT2D eigenvalue weighted by Crippen LogP contribution is 2.37. The SMILES string of the molecule is OC(CN1CCCC1c1ccc2c(c1)OCCCO2)Cn1cccn1. The fourth-order valence-electron chi connectivity index (χ4n) is 3.76. The summed E-state index contributed by atoms with van der Waals surface area (Å²) in [6.07, 6.45) is 6.36. The largest absolute Gasteiger partial charge is 0.490 e. The van der Waals surface area contributed by atoms with Crippen molar-refractivity contribution in [2.24, 2.45) is 0 Å². The minimum absolute atomic E-state index is 0.324. The Kier molecular flexibility index (Phi) is 4.90. The predicted octanol–water partition coefficient (Wildman–Crippen LogP) is 2.24. The van der Waals surface area contributed by atoms with Crippen LogP contribution in [0.25, 0.3) is 0 Å². The number of aliphatic hydroxyl groups excluding tert-OH is 1. The molecular weight excluding hydrogens is 318 g/mol. The van der Waals surface area contributed by atoms with Gasteiger partial charge >= 0.3 is 0 Å². The van der Waals surface area contributed by atoms with Crippen LogP contribution < -0.4 is 9.47 Å². The van der Waals surface area contributed by atoms with Crippen LogP contribution in [-0.2, 0) is 6.54 Å². The molecule has 0 bridgehead atoms. The Balaban J connectivity index is 1.45. The third-order valence-electron chi connectivity index (χ3n) is 4.92. The second-order valence-electron chi connectivity index (χ2n) is 6.79. The van der Waals surface area contributed by atoms with Crippen molar-refractivity contribution in [3.63, 3.8) is 0 Å². The molecule has 0 saturated carbocycles. The normalized spacial score (nSPS) is 21.9. The van der Waals surface area contributed by atoms with E-state index in [4.69, 9.17) is 9.47 Å². The van der Waals surface area contributed by atoms with E-state index in [2.05, 4.69) is 22.1 Å². The van der Waals surface area contributed by atoms with Gasteiger partial charge in [0.15, 0.2) is 11.5 Å². The zero-order chi connectivity index (χ0) is 17.1. The Hall–Kier alpha value is -2.05. The molecule has 2 aliphatic rings. The fourth-order valence-corrected chi connectivity index (χ4v) is 3.76. The summed E-state index contributed by atoms with van der Waals surface area (Å²) in [7, 11) is 0. The molecule has 3 heterocycles. The Morgan fingerprint density at radius 3 is 2.88 bits per heavy atom. The molecule has 2 aromatic rings. The molecule has 0 aliphatic carbocycles. The van der Waals surface area contributed by atoms with E-state index in [1.807, 2.05) is 18.3 Å². The number of nitrogens with zero attached hydrogens (tertiary/aromatic N) is 3. The summed E-state index contributed by atoms with van der Waals surface area (Å²) in [6.45, 7) is 3.60. The maximum Gasteiger partial charge on any atom is 0.161 e. The van der Waals surface area contributed by atoms with Crippen LogP contribution in [0.4, 0.5) is 0 Å². The Morgan fingerprint density at radius 1 is 1.16 bits per heavy atom. The van der Waals surface area contributed by atoms with Gasteiger partial charge in [-0.25, -0.2) is 0 Å². The molecule has 0 amide bonds. The van der Waals surface area contributed by atoms with Gasteiger partial charge in [0, 0.05) is 31.4 Å². The van der Waals surface area contributed by atoms with Crippen molar-refractivity contribution in [1.29, 1.82) is 0 Å². The molecule has 0 spiro atoms. The number of aromatic nitrogens is 2. The van der Waals surface area contributed by atoms with Crippen LogP contribution in [0.5, 0.6) is 11.5 Å². The second kappa shape index (κ2) is 7.45. The van der Waals surface area contributed by atoms with Gasteiger partial charge in [-0.2, -0.15) is 5.10 Å². The average molecular weight is 343 g/mol. The fraction of sp³-hybridized carbons (Fsp3) is 0.526. The smallest absolute Gasteiger partial charge is 0.161 e. The summed E-state index contributed by atoms with van der Waals surface area (Å²) in [5, 5.41) is 14.6. The van der Waals surface area contributed by atoms with Crippen molar-refractivity contribution in [1.82, 2.24) is 14.7 Å². The van der Waals surface area contributed by atoms with Gasteiger partial charge < -0.3 is 14.6 Å². The molecule has 2 unspecified atom stereocenters. The Labute approximate surface area is 148 Å². The van der Waals surface area contributed by atoms with Gasteiger partial charge in [-0.15, -0.1) is 0 Å². The zero-order valence-electron chi connectivity index (χ0n) is 14.4. The van der Waals surface area contributed by atoms with Gasteiger partial charge in [0.05, 0.1) is 25.9 Å². The number of hydrogen-bond donors (Lipinski definition) is 1. The summed E-state index contributed by atoms with van der Waals surface area (Å²) >= 11 is 0. The van der Waals surface area contributed by atoms with Crippen molar-refractivity contribution in [3.05, 3.63) is 42.2 Å². The van der Waals surface area contributed by atoms with Gasteiger partial charge in [-0.1, -0.05) is 6.07 Å². The summed E-state index contributed by atoms with van der Waals surface area (Å²) in [5.41, 5.74) is 1.24. The van der Waals surface area contributed by atoms with Crippen molar-refractivity contribution < 1.29 is 14.6 Å². The maximum atomic E-state index is 10.4. The first-order valence-electron chi connectivity index (χ1n) is 9.09. The maximum absolute atomic E-state index is 10.4. The van der Waals surface area contributed by atoms with Gasteiger partial charge in [0.25, 0.3) is 0 Å². The number of benzene rings is 1. The van der Waals surface area contributed by atoms with Crippen LogP contribution in [-0.4, -0.2) is 52.2 Å². The van der Waals surface area contributed by atoms with E-state index in [0.29, 0.717) is 32.3 Å². The molecule has 1 saturated heterocycles. The van der Waals surface area contributed by atoms with E-state index in [1.54, 1.807) is 10.9 Å². The molecule has 6 heteroatoms. The number of likely N-dealkylation sites (tertiary alicyclic amines) is 1. The molecule has 134 valence electrons. The summed E-state index contributed by atoms with van der Waals surface area (Å²) in [4.78, 5) is 2.37. The summed E-state index contributed by atoms with van der Waals surface area (Å²) in [6, 6.07) is 8.47.